The predicted octanol–water partition coefficient (Wildman–Crippen LogP) is 2.15. The molecule has 0 radical (unpaired) electrons. The van der Waals surface area contributed by atoms with Gasteiger partial charge in [0.05, 0.1) is 22.8 Å². The maximum Gasteiger partial charge on any atom is 0.166 e. The molecule has 0 bridgehead atoms. The molecule has 0 spiro atoms. The third kappa shape index (κ3) is 1.66. The average Bonchev–Trinajstić information content (AvgIpc) is 3.07. The number of anilines is 1. The second-order valence-electron chi connectivity index (χ2n) is 4.62. The first-order chi connectivity index (χ1) is 8.81. The van der Waals surface area contributed by atoms with Crippen molar-refractivity contribution in [3.05, 3.63) is 18.0 Å². The number of hydrogen-bond acceptors (Lipinski definition) is 4. The summed E-state index contributed by atoms with van der Waals surface area (Å²) in [5.74, 6) is 0.146. The standard InChI is InChI=1S/C13H16N4O/c1-2-11(18)9-7-14-13-10(8-15-16-13)12(9)17-5-3-4-6-17/h7-8H,2-6H2,1H3,(H,14,15,16). The number of nitrogens with one attached hydrogen (secondary N) is 1. The highest BCUT2D eigenvalue weighted by Crippen LogP contribution is 2.31. The number of carbonyl (C=O) groups excluding carboxylic acids is 1. The van der Waals surface area contributed by atoms with Crippen LogP contribution in [-0.2, 0) is 0 Å². The predicted molar refractivity (Wildman–Crippen MR) is 70.0 cm³/mol. The Morgan fingerprint density at radius 1 is 1.39 bits per heavy atom. The number of hydrogen-bond donors (Lipinski definition) is 1. The lowest BCUT2D eigenvalue weighted by Gasteiger charge is -2.21. The monoisotopic (exact) mass is 244 g/mol. The molecule has 0 unspecified atom stereocenters. The van der Waals surface area contributed by atoms with Gasteiger partial charge in [-0.05, 0) is 12.8 Å². The lowest BCUT2D eigenvalue weighted by Crippen LogP contribution is -2.21. The van der Waals surface area contributed by atoms with Gasteiger partial charge in [-0.25, -0.2) is 4.98 Å². The van der Waals surface area contributed by atoms with Crippen molar-refractivity contribution in [3.63, 3.8) is 0 Å². The van der Waals surface area contributed by atoms with Crippen molar-refractivity contribution in [1.82, 2.24) is 15.2 Å². The molecule has 1 aliphatic heterocycles. The second kappa shape index (κ2) is 4.40. The van der Waals surface area contributed by atoms with Crippen LogP contribution in [0, 0.1) is 0 Å². The lowest BCUT2D eigenvalue weighted by atomic mass is 10.1. The van der Waals surface area contributed by atoms with E-state index in [9.17, 15) is 4.79 Å². The zero-order valence-corrected chi connectivity index (χ0v) is 10.4. The largest absolute Gasteiger partial charge is 0.370 e. The first kappa shape index (κ1) is 11.2. The normalized spacial score (nSPS) is 15.5. The van der Waals surface area contributed by atoms with E-state index in [1.165, 1.54) is 12.8 Å². The van der Waals surface area contributed by atoms with Gasteiger partial charge in [-0.3, -0.25) is 9.89 Å². The fourth-order valence-corrected chi connectivity index (χ4v) is 2.56. The zero-order chi connectivity index (χ0) is 12.5. The Morgan fingerprint density at radius 3 is 2.89 bits per heavy atom. The molecule has 2 aromatic rings. The lowest BCUT2D eigenvalue weighted by molar-refractivity contribution is 0.0988. The van der Waals surface area contributed by atoms with Crippen molar-refractivity contribution in [1.29, 1.82) is 0 Å². The van der Waals surface area contributed by atoms with E-state index in [0.29, 0.717) is 6.42 Å². The SMILES string of the molecule is CCC(=O)c1cnc2[nH]ncc2c1N1CCCC1. The molecule has 5 heteroatoms. The molecule has 0 atom stereocenters. The fourth-order valence-electron chi connectivity index (χ4n) is 2.56. The zero-order valence-electron chi connectivity index (χ0n) is 10.4. The van der Waals surface area contributed by atoms with Crippen molar-refractivity contribution in [2.75, 3.05) is 18.0 Å². The summed E-state index contributed by atoms with van der Waals surface area (Å²) in [6.07, 6.45) is 6.32. The highest BCUT2D eigenvalue weighted by Gasteiger charge is 2.22. The van der Waals surface area contributed by atoms with E-state index < -0.39 is 0 Å². The van der Waals surface area contributed by atoms with Gasteiger partial charge in [0.1, 0.15) is 0 Å². The Labute approximate surface area is 105 Å². The first-order valence-corrected chi connectivity index (χ1v) is 6.41. The molecule has 5 nitrogen and oxygen atoms in total. The van der Waals surface area contributed by atoms with Crippen LogP contribution in [0.4, 0.5) is 5.69 Å². The van der Waals surface area contributed by atoms with Gasteiger partial charge in [-0.2, -0.15) is 5.10 Å². The van der Waals surface area contributed by atoms with Gasteiger partial charge in [0, 0.05) is 25.7 Å². The van der Waals surface area contributed by atoms with E-state index >= 15 is 0 Å². The number of fused-ring (bicyclic) bond motifs is 1. The second-order valence-corrected chi connectivity index (χ2v) is 4.62. The topological polar surface area (TPSA) is 61.9 Å². The van der Waals surface area contributed by atoms with Crippen LogP contribution >= 0.6 is 0 Å². The van der Waals surface area contributed by atoms with Crippen molar-refractivity contribution in [2.45, 2.75) is 26.2 Å². The van der Waals surface area contributed by atoms with Gasteiger partial charge in [0.15, 0.2) is 11.4 Å². The van der Waals surface area contributed by atoms with Crippen molar-refractivity contribution in [3.8, 4) is 0 Å². The molecule has 3 heterocycles. The van der Waals surface area contributed by atoms with Crippen LogP contribution in [0.2, 0.25) is 0 Å². The number of aromatic nitrogens is 3. The molecule has 1 N–H and O–H groups in total. The van der Waals surface area contributed by atoms with Gasteiger partial charge < -0.3 is 4.90 Å². The van der Waals surface area contributed by atoms with Gasteiger partial charge in [0.2, 0.25) is 0 Å². The minimum Gasteiger partial charge on any atom is -0.370 e. The Morgan fingerprint density at radius 2 is 2.17 bits per heavy atom. The van der Waals surface area contributed by atoms with E-state index in [4.69, 9.17) is 0 Å². The Kier molecular flexibility index (Phi) is 2.74. The number of ketones is 1. The number of aromatic amines is 1. The number of Topliss-reactive ketones (excluding diaryl/α,β-unsaturated/α-hetero) is 1. The van der Waals surface area contributed by atoms with Crippen LogP contribution in [0.25, 0.3) is 11.0 Å². The van der Waals surface area contributed by atoms with E-state index in [1.807, 2.05) is 6.92 Å². The minimum absolute atomic E-state index is 0.146. The van der Waals surface area contributed by atoms with Gasteiger partial charge in [-0.1, -0.05) is 6.92 Å². The van der Waals surface area contributed by atoms with Crippen LogP contribution in [-0.4, -0.2) is 34.1 Å². The molecule has 1 saturated heterocycles. The first-order valence-electron chi connectivity index (χ1n) is 6.41. The maximum absolute atomic E-state index is 12.1. The summed E-state index contributed by atoms with van der Waals surface area (Å²) in [5, 5.41) is 7.86. The van der Waals surface area contributed by atoms with E-state index in [1.54, 1.807) is 12.4 Å². The Hall–Kier alpha value is -1.91. The van der Waals surface area contributed by atoms with Crippen LogP contribution in [0.15, 0.2) is 12.4 Å². The molecule has 0 aromatic carbocycles. The summed E-state index contributed by atoms with van der Waals surface area (Å²) in [5.41, 5.74) is 2.50. The van der Waals surface area contributed by atoms with Crippen molar-refractivity contribution < 1.29 is 4.79 Å². The summed E-state index contributed by atoms with van der Waals surface area (Å²) < 4.78 is 0. The van der Waals surface area contributed by atoms with Crippen LogP contribution < -0.4 is 4.90 Å². The van der Waals surface area contributed by atoms with Crippen LogP contribution in [0.5, 0.6) is 0 Å². The molecule has 0 aliphatic carbocycles. The highest BCUT2D eigenvalue weighted by molar-refractivity contribution is 6.07. The Bertz CT molecular complexity index is 584. The van der Waals surface area contributed by atoms with Crippen molar-refractivity contribution in [2.24, 2.45) is 0 Å². The third-order valence-corrected chi connectivity index (χ3v) is 3.50. The fraction of sp³-hybridized carbons (Fsp3) is 0.462. The van der Waals surface area contributed by atoms with E-state index in [2.05, 4.69) is 20.1 Å². The summed E-state index contributed by atoms with van der Waals surface area (Å²) in [6, 6.07) is 0. The smallest absolute Gasteiger partial charge is 0.166 e. The number of carbonyl (C=O) groups is 1. The minimum atomic E-state index is 0.146. The number of nitrogens with zero attached hydrogens (tertiary/aromatic N) is 3. The quantitative estimate of drug-likeness (QED) is 0.840. The van der Waals surface area contributed by atoms with Crippen LogP contribution in [0.1, 0.15) is 36.5 Å². The summed E-state index contributed by atoms with van der Waals surface area (Å²) in [4.78, 5) is 18.6. The van der Waals surface area contributed by atoms with E-state index in [0.717, 1.165) is 35.4 Å². The summed E-state index contributed by atoms with van der Waals surface area (Å²) >= 11 is 0. The maximum atomic E-state index is 12.1. The van der Waals surface area contributed by atoms with E-state index in [-0.39, 0.29) is 5.78 Å². The number of H-pyrrole nitrogens is 1. The van der Waals surface area contributed by atoms with Gasteiger partial charge in [0.25, 0.3) is 0 Å². The average molecular weight is 244 g/mol. The third-order valence-electron chi connectivity index (χ3n) is 3.50. The molecule has 0 amide bonds. The summed E-state index contributed by atoms with van der Waals surface area (Å²) in [6.45, 7) is 3.90. The molecule has 1 aliphatic rings. The highest BCUT2D eigenvalue weighted by atomic mass is 16.1. The van der Waals surface area contributed by atoms with Gasteiger partial charge in [-0.15, -0.1) is 0 Å². The number of rotatable bonds is 3. The molecule has 0 saturated carbocycles. The molecule has 18 heavy (non-hydrogen) atoms. The molecule has 2 aromatic heterocycles. The molecule has 94 valence electrons. The molecular formula is C13H16N4O. The molecular weight excluding hydrogens is 228 g/mol. The molecule has 1 fully saturated rings. The number of pyridine rings is 1. The molecule has 3 rings (SSSR count). The summed E-state index contributed by atoms with van der Waals surface area (Å²) in [7, 11) is 0. The Balaban J connectivity index is 2.21. The van der Waals surface area contributed by atoms with Crippen LogP contribution in [0.3, 0.4) is 0 Å². The van der Waals surface area contributed by atoms with Gasteiger partial charge >= 0.3 is 0 Å². The van der Waals surface area contributed by atoms with Crippen molar-refractivity contribution >= 4 is 22.5 Å².